The third kappa shape index (κ3) is 6.23. The molecule has 7 heteroatoms. The highest BCUT2D eigenvalue weighted by atomic mass is 32.1. The molecule has 0 saturated carbocycles. The highest BCUT2D eigenvalue weighted by Gasteiger charge is 2.11. The first-order valence-electron chi connectivity index (χ1n) is 11.0. The lowest BCUT2D eigenvalue weighted by Crippen LogP contribution is -2.12. The number of hydrogen-bond acceptors (Lipinski definition) is 7. The van der Waals surface area contributed by atoms with Gasteiger partial charge in [-0.15, -0.1) is 12.6 Å². The Morgan fingerprint density at radius 2 is 1.81 bits per heavy atom. The lowest BCUT2D eigenvalue weighted by atomic mass is 10.0. The van der Waals surface area contributed by atoms with Gasteiger partial charge in [0.2, 0.25) is 0 Å². The first-order chi connectivity index (χ1) is 15.0. The van der Waals surface area contributed by atoms with Crippen LogP contribution in [0.1, 0.15) is 57.7 Å². The predicted molar refractivity (Wildman–Crippen MR) is 129 cm³/mol. The molecule has 31 heavy (non-hydrogen) atoms. The van der Waals surface area contributed by atoms with E-state index in [1.807, 2.05) is 6.07 Å². The van der Waals surface area contributed by atoms with E-state index in [2.05, 4.69) is 73.8 Å². The Morgan fingerprint density at radius 1 is 1.03 bits per heavy atom. The largest absolute Gasteiger partial charge is 0.489 e. The number of unbranched alkanes of at least 4 members (excludes halogenated alkanes) is 1. The molecular weight excluding hydrogens is 408 g/mol. The molecule has 0 bridgehead atoms. The monoisotopic (exact) mass is 440 g/mol. The zero-order valence-electron chi connectivity index (χ0n) is 18.8. The molecule has 0 atom stereocenters. The van der Waals surface area contributed by atoms with E-state index in [0.717, 1.165) is 48.2 Å². The molecule has 2 aromatic heterocycles. The highest BCUT2D eigenvalue weighted by Crippen LogP contribution is 2.29. The molecule has 166 valence electrons. The molecule has 0 aliphatic rings. The number of aryl methyl sites for hydroxylation is 1. The van der Waals surface area contributed by atoms with Gasteiger partial charge in [0.15, 0.2) is 16.7 Å². The van der Waals surface area contributed by atoms with E-state index in [1.54, 1.807) is 6.20 Å². The molecule has 0 aliphatic carbocycles. The van der Waals surface area contributed by atoms with Gasteiger partial charge >= 0.3 is 0 Å². The summed E-state index contributed by atoms with van der Waals surface area (Å²) in [4.78, 5) is 13.3. The van der Waals surface area contributed by atoms with Crippen LogP contribution in [0, 0.1) is 0 Å². The number of ether oxygens (including phenoxy) is 2. The van der Waals surface area contributed by atoms with Crippen LogP contribution in [-0.2, 0) is 6.42 Å². The van der Waals surface area contributed by atoms with Crippen molar-refractivity contribution in [2.45, 2.75) is 58.0 Å². The Balaban J connectivity index is 1.69. The number of nitrogens with zero attached hydrogens (tertiary/aromatic N) is 3. The van der Waals surface area contributed by atoms with Crippen LogP contribution in [0.4, 0.5) is 5.82 Å². The van der Waals surface area contributed by atoms with Crippen LogP contribution in [0.2, 0.25) is 0 Å². The molecule has 0 amide bonds. The lowest BCUT2D eigenvalue weighted by molar-refractivity contribution is 0.218. The second kappa shape index (κ2) is 11.2. The molecule has 0 saturated heterocycles. The topological polar surface area (TPSA) is 69.2 Å². The third-order valence-electron chi connectivity index (χ3n) is 5.02. The molecule has 0 fully saturated rings. The van der Waals surface area contributed by atoms with Gasteiger partial charge in [-0.3, -0.25) is 4.98 Å². The number of pyridine rings is 1. The minimum Gasteiger partial charge on any atom is -0.489 e. The summed E-state index contributed by atoms with van der Waals surface area (Å²) >= 11 is 4.23. The Bertz CT molecular complexity index is 1010. The van der Waals surface area contributed by atoms with Gasteiger partial charge < -0.3 is 14.8 Å². The summed E-state index contributed by atoms with van der Waals surface area (Å²) in [7, 11) is 0. The third-order valence-corrected chi connectivity index (χ3v) is 5.24. The summed E-state index contributed by atoms with van der Waals surface area (Å²) in [6.45, 7) is 10.2. The van der Waals surface area contributed by atoms with Crippen LogP contribution in [0.3, 0.4) is 0 Å². The summed E-state index contributed by atoms with van der Waals surface area (Å²) in [6.07, 6.45) is 4.79. The SMILES string of the molecule is CCCCNc1nc(S)ncc1OCCOc1cc(C(C)C)nc2cc(CC)ccc12. The maximum absolute atomic E-state index is 6.13. The Kier molecular flexibility index (Phi) is 8.35. The minimum atomic E-state index is 0.321. The lowest BCUT2D eigenvalue weighted by Gasteiger charge is -2.15. The number of thiol groups is 1. The van der Waals surface area contributed by atoms with E-state index in [-0.39, 0.29) is 0 Å². The molecule has 1 aromatic carbocycles. The van der Waals surface area contributed by atoms with E-state index in [4.69, 9.17) is 14.5 Å². The van der Waals surface area contributed by atoms with Gasteiger partial charge in [-0.25, -0.2) is 9.97 Å². The van der Waals surface area contributed by atoms with Crippen molar-refractivity contribution in [3.05, 3.63) is 41.7 Å². The van der Waals surface area contributed by atoms with Crippen molar-refractivity contribution >= 4 is 29.3 Å². The van der Waals surface area contributed by atoms with Crippen molar-refractivity contribution < 1.29 is 9.47 Å². The van der Waals surface area contributed by atoms with Crippen LogP contribution >= 0.6 is 12.6 Å². The van der Waals surface area contributed by atoms with Crippen LogP contribution in [0.25, 0.3) is 10.9 Å². The van der Waals surface area contributed by atoms with Crippen molar-refractivity contribution in [2.75, 3.05) is 25.1 Å². The summed E-state index contributed by atoms with van der Waals surface area (Å²) in [6, 6.07) is 8.41. The first kappa shape index (κ1) is 23.1. The van der Waals surface area contributed by atoms with E-state index in [9.17, 15) is 0 Å². The molecular formula is C24H32N4O2S. The fourth-order valence-electron chi connectivity index (χ4n) is 3.18. The van der Waals surface area contributed by atoms with Gasteiger partial charge in [0.05, 0.1) is 11.7 Å². The van der Waals surface area contributed by atoms with Gasteiger partial charge in [-0.05, 0) is 36.5 Å². The maximum Gasteiger partial charge on any atom is 0.186 e. The fourth-order valence-corrected chi connectivity index (χ4v) is 3.33. The Labute approximate surface area is 190 Å². The number of nitrogens with one attached hydrogen (secondary N) is 1. The number of fused-ring (bicyclic) bond motifs is 1. The van der Waals surface area contributed by atoms with Crippen molar-refractivity contribution in [2.24, 2.45) is 0 Å². The quantitative estimate of drug-likeness (QED) is 0.227. The van der Waals surface area contributed by atoms with Crippen LogP contribution in [0.5, 0.6) is 11.5 Å². The molecule has 0 spiro atoms. The minimum absolute atomic E-state index is 0.321. The summed E-state index contributed by atoms with van der Waals surface area (Å²) in [5.74, 6) is 2.43. The maximum atomic E-state index is 6.13. The van der Waals surface area contributed by atoms with E-state index in [1.165, 1.54) is 5.56 Å². The predicted octanol–water partition coefficient (Wildman–Crippen LogP) is 5.67. The van der Waals surface area contributed by atoms with Crippen LogP contribution in [-0.4, -0.2) is 34.7 Å². The zero-order valence-corrected chi connectivity index (χ0v) is 19.7. The summed E-state index contributed by atoms with van der Waals surface area (Å²) in [5.41, 5.74) is 3.27. The molecule has 0 aliphatic heterocycles. The normalized spacial score (nSPS) is 11.2. The second-order valence-electron chi connectivity index (χ2n) is 7.77. The highest BCUT2D eigenvalue weighted by molar-refractivity contribution is 7.80. The Morgan fingerprint density at radius 3 is 2.52 bits per heavy atom. The second-order valence-corrected chi connectivity index (χ2v) is 8.17. The Hall–Kier alpha value is -2.54. The number of rotatable bonds is 11. The standard InChI is InChI=1S/C24H32N4O2S/c1-5-7-10-25-23-22(15-26-24(31)28-23)30-12-11-29-21-14-19(16(3)4)27-20-13-17(6-2)8-9-18(20)21/h8-9,13-16H,5-7,10-12H2,1-4H3,(H2,25,26,28,31). The molecule has 0 radical (unpaired) electrons. The molecule has 3 aromatic rings. The number of benzene rings is 1. The summed E-state index contributed by atoms with van der Waals surface area (Å²) < 4.78 is 12.0. The number of hydrogen-bond donors (Lipinski definition) is 2. The molecule has 3 rings (SSSR count). The van der Waals surface area contributed by atoms with Crippen LogP contribution in [0.15, 0.2) is 35.6 Å². The molecule has 2 heterocycles. The van der Waals surface area contributed by atoms with E-state index >= 15 is 0 Å². The van der Waals surface area contributed by atoms with E-state index < -0.39 is 0 Å². The number of anilines is 1. The molecule has 0 unspecified atom stereocenters. The average molecular weight is 441 g/mol. The van der Waals surface area contributed by atoms with Gasteiger partial charge in [-0.2, -0.15) is 0 Å². The van der Waals surface area contributed by atoms with Crippen molar-refractivity contribution in [1.82, 2.24) is 15.0 Å². The fraction of sp³-hybridized carbons (Fsp3) is 0.458. The van der Waals surface area contributed by atoms with Crippen molar-refractivity contribution in [3.63, 3.8) is 0 Å². The zero-order chi connectivity index (χ0) is 22.2. The van der Waals surface area contributed by atoms with Crippen molar-refractivity contribution in [3.8, 4) is 11.5 Å². The van der Waals surface area contributed by atoms with E-state index in [0.29, 0.717) is 35.9 Å². The van der Waals surface area contributed by atoms with Gasteiger partial charge in [-0.1, -0.05) is 40.2 Å². The average Bonchev–Trinajstić information content (AvgIpc) is 2.77. The molecule has 1 N–H and O–H groups in total. The molecule has 6 nitrogen and oxygen atoms in total. The summed E-state index contributed by atoms with van der Waals surface area (Å²) in [5, 5.41) is 4.73. The van der Waals surface area contributed by atoms with Gasteiger partial charge in [0.25, 0.3) is 0 Å². The number of aromatic nitrogens is 3. The van der Waals surface area contributed by atoms with Gasteiger partial charge in [0, 0.05) is 23.7 Å². The van der Waals surface area contributed by atoms with Gasteiger partial charge in [0.1, 0.15) is 19.0 Å². The van der Waals surface area contributed by atoms with Crippen LogP contribution < -0.4 is 14.8 Å². The first-order valence-corrected chi connectivity index (χ1v) is 11.5. The smallest absolute Gasteiger partial charge is 0.186 e. The van der Waals surface area contributed by atoms with Crippen molar-refractivity contribution in [1.29, 1.82) is 0 Å².